The van der Waals surface area contributed by atoms with E-state index in [9.17, 15) is 13.2 Å². The predicted molar refractivity (Wildman–Crippen MR) is 121 cm³/mol. The van der Waals surface area contributed by atoms with Crippen LogP contribution in [0.25, 0.3) is 0 Å². The van der Waals surface area contributed by atoms with E-state index in [1.54, 1.807) is 12.1 Å². The number of aliphatic imine (C=N–C) groups is 1. The lowest BCUT2D eigenvalue weighted by Gasteiger charge is -2.28. The molecule has 0 unspecified atom stereocenters. The average molecular weight is 445 g/mol. The molecule has 2 saturated heterocycles. The fourth-order valence-electron chi connectivity index (χ4n) is 3.84. The third-order valence-electron chi connectivity index (χ3n) is 5.21. The molecule has 2 aromatic carbocycles. The van der Waals surface area contributed by atoms with Crippen molar-refractivity contribution in [1.29, 1.82) is 0 Å². The molecule has 6 nitrogen and oxygen atoms in total. The zero-order valence-electron chi connectivity index (χ0n) is 16.9. The highest BCUT2D eigenvalue weighted by molar-refractivity contribution is 8.16. The number of sulfone groups is 1. The summed E-state index contributed by atoms with van der Waals surface area (Å²) in [5, 5.41) is 0.423. The molecule has 30 heavy (non-hydrogen) atoms. The number of ether oxygens (including phenoxy) is 1. The number of anilines is 1. The van der Waals surface area contributed by atoms with Gasteiger partial charge in [-0.1, -0.05) is 62.0 Å². The summed E-state index contributed by atoms with van der Waals surface area (Å²) in [4.78, 5) is 18.8. The van der Waals surface area contributed by atoms with Gasteiger partial charge in [-0.2, -0.15) is 4.99 Å². The first-order chi connectivity index (χ1) is 14.3. The molecule has 2 aliphatic heterocycles. The second-order valence-corrected chi connectivity index (χ2v) is 11.1. The van der Waals surface area contributed by atoms with Crippen LogP contribution >= 0.6 is 11.8 Å². The fourth-order valence-corrected chi connectivity index (χ4v) is 7.77. The van der Waals surface area contributed by atoms with Crippen LogP contribution in [-0.2, 0) is 14.6 Å². The molecule has 0 aromatic heterocycles. The number of amidine groups is 1. The SMILES string of the molecule is CC(C)c1ccccc1N1C(=NC(=O)COc2ccccc2)S[C@@H]2CS(=O)(=O)C[C@@H]21. The Morgan fingerprint density at radius 3 is 2.57 bits per heavy atom. The van der Waals surface area contributed by atoms with Crippen LogP contribution in [-0.4, -0.2) is 48.9 Å². The minimum absolute atomic E-state index is 0.0742. The second-order valence-electron chi connectivity index (χ2n) is 7.77. The van der Waals surface area contributed by atoms with Crippen molar-refractivity contribution < 1.29 is 17.9 Å². The first-order valence-corrected chi connectivity index (χ1v) is 12.6. The van der Waals surface area contributed by atoms with E-state index >= 15 is 0 Å². The van der Waals surface area contributed by atoms with Crippen molar-refractivity contribution in [1.82, 2.24) is 0 Å². The number of hydrogen-bond acceptors (Lipinski definition) is 5. The third-order valence-corrected chi connectivity index (χ3v) is 8.42. The molecule has 2 aromatic rings. The Labute approximate surface area is 181 Å². The molecular formula is C22H24N2O4S2. The lowest BCUT2D eigenvalue weighted by Crippen LogP contribution is -2.38. The second kappa shape index (κ2) is 8.43. The van der Waals surface area contributed by atoms with Crippen molar-refractivity contribution in [3.63, 3.8) is 0 Å². The van der Waals surface area contributed by atoms with Crippen LogP contribution in [0, 0.1) is 0 Å². The van der Waals surface area contributed by atoms with E-state index in [-0.39, 0.29) is 35.3 Å². The Bertz CT molecular complexity index is 1070. The number of rotatable bonds is 5. The zero-order valence-corrected chi connectivity index (χ0v) is 18.5. The van der Waals surface area contributed by atoms with Crippen molar-refractivity contribution in [2.24, 2.45) is 4.99 Å². The Hall–Kier alpha value is -2.32. The maximum atomic E-state index is 12.5. The van der Waals surface area contributed by atoms with Gasteiger partial charge in [0, 0.05) is 10.9 Å². The van der Waals surface area contributed by atoms with Gasteiger partial charge in [0.2, 0.25) is 0 Å². The Kier molecular flexibility index (Phi) is 5.88. The zero-order chi connectivity index (χ0) is 21.3. The van der Waals surface area contributed by atoms with Gasteiger partial charge >= 0.3 is 0 Å². The number of para-hydroxylation sites is 2. The summed E-state index contributed by atoms with van der Waals surface area (Å²) in [6, 6.07) is 16.8. The molecule has 0 saturated carbocycles. The molecule has 2 fully saturated rings. The molecule has 1 amide bonds. The van der Waals surface area contributed by atoms with E-state index in [1.807, 2.05) is 47.4 Å². The lowest BCUT2D eigenvalue weighted by atomic mass is 9.99. The number of thioether (sulfide) groups is 1. The van der Waals surface area contributed by atoms with Crippen LogP contribution in [0.2, 0.25) is 0 Å². The molecule has 2 atom stereocenters. The van der Waals surface area contributed by atoms with Gasteiger partial charge in [-0.05, 0) is 29.7 Å². The maximum absolute atomic E-state index is 12.5. The molecular weight excluding hydrogens is 420 g/mol. The highest BCUT2D eigenvalue weighted by atomic mass is 32.2. The molecule has 158 valence electrons. The number of fused-ring (bicyclic) bond motifs is 1. The first-order valence-electron chi connectivity index (χ1n) is 9.88. The molecule has 0 aliphatic carbocycles. The predicted octanol–water partition coefficient (Wildman–Crippen LogP) is 3.49. The molecule has 2 aliphatic rings. The van der Waals surface area contributed by atoms with Gasteiger partial charge in [-0.15, -0.1) is 0 Å². The van der Waals surface area contributed by atoms with Crippen LogP contribution in [0.5, 0.6) is 5.75 Å². The average Bonchev–Trinajstić information content (AvgIpc) is 3.17. The standard InChI is InChI=1S/C22H24N2O4S2/c1-15(2)17-10-6-7-11-18(17)24-19-13-30(26,27)14-20(19)29-22(24)23-21(25)12-28-16-8-4-3-5-9-16/h3-11,15,19-20H,12-14H2,1-2H3/t19-,20+/m0/s1. The molecule has 2 heterocycles. The van der Waals surface area contributed by atoms with E-state index in [4.69, 9.17) is 4.74 Å². The van der Waals surface area contributed by atoms with Crippen LogP contribution in [0.1, 0.15) is 25.3 Å². The number of nitrogens with zero attached hydrogens (tertiary/aromatic N) is 2. The highest BCUT2D eigenvalue weighted by Crippen LogP contribution is 2.43. The van der Waals surface area contributed by atoms with Crippen LogP contribution in [0.4, 0.5) is 5.69 Å². The number of amides is 1. The lowest BCUT2D eigenvalue weighted by molar-refractivity contribution is -0.119. The molecule has 0 bridgehead atoms. The van der Waals surface area contributed by atoms with Gasteiger partial charge < -0.3 is 9.64 Å². The minimum atomic E-state index is -3.10. The van der Waals surface area contributed by atoms with E-state index in [1.165, 1.54) is 11.8 Å². The summed E-state index contributed by atoms with van der Waals surface area (Å²) < 4.78 is 30.1. The number of hydrogen-bond donors (Lipinski definition) is 0. The topological polar surface area (TPSA) is 76.0 Å². The van der Waals surface area contributed by atoms with Crippen molar-refractivity contribution in [2.45, 2.75) is 31.1 Å². The number of carbonyl (C=O) groups excluding carboxylic acids is 1. The van der Waals surface area contributed by atoms with Crippen LogP contribution < -0.4 is 9.64 Å². The molecule has 8 heteroatoms. The smallest absolute Gasteiger partial charge is 0.285 e. The quantitative estimate of drug-likeness (QED) is 0.703. The first kappa shape index (κ1) is 20.9. The monoisotopic (exact) mass is 444 g/mol. The minimum Gasteiger partial charge on any atom is -0.484 e. The Morgan fingerprint density at radius 2 is 1.83 bits per heavy atom. The summed E-state index contributed by atoms with van der Waals surface area (Å²) in [6.45, 7) is 4.03. The molecule has 4 rings (SSSR count). The van der Waals surface area contributed by atoms with Gasteiger partial charge in [0.1, 0.15) is 5.75 Å². The van der Waals surface area contributed by atoms with Gasteiger partial charge in [-0.25, -0.2) is 8.42 Å². The number of carbonyl (C=O) groups is 1. The largest absolute Gasteiger partial charge is 0.484 e. The van der Waals surface area contributed by atoms with Crippen LogP contribution in [0.15, 0.2) is 59.6 Å². The van der Waals surface area contributed by atoms with Gasteiger partial charge in [0.25, 0.3) is 5.91 Å². The van der Waals surface area contributed by atoms with Crippen molar-refractivity contribution in [3.8, 4) is 5.75 Å². The van der Waals surface area contributed by atoms with Crippen molar-refractivity contribution in [3.05, 3.63) is 60.2 Å². The summed E-state index contributed by atoms with van der Waals surface area (Å²) in [7, 11) is -3.10. The van der Waals surface area contributed by atoms with Gasteiger partial charge in [0.15, 0.2) is 21.6 Å². The van der Waals surface area contributed by atoms with E-state index in [0.29, 0.717) is 10.9 Å². The van der Waals surface area contributed by atoms with Crippen molar-refractivity contribution in [2.75, 3.05) is 23.0 Å². The van der Waals surface area contributed by atoms with E-state index in [2.05, 4.69) is 18.8 Å². The maximum Gasteiger partial charge on any atom is 0.285 e. The molecule has 0 N–H and O–H groups in total. The van der Waals surface area contributed by atoms with E-state index < -0.39 is 15.7 Å². The van der Waals surface area contributed by atoms with Crippen LogP contribution in [0.3, 0.4) is 0 Å². The van der Waals surface area contributed by atoms with Crippen molar-refractivity contribution >= 4 is 38.4 Å². The highest BCUT2D eigenvalue weighted by Gasteiger charge is 2.49. The normalized spacial score (nSPS) is 23.7. The summed E-state index contributed by atoms with van der Waals surface area (Å²) in [5.74, 6) is 0.647. The van der Waals surface area contributed by atoms with Gasteiger partial charge in [0.05, 0.1) is 17.5 Å². The third kappa shape index (κ3) is 4.39. The Balaban J connectivity index is 1.63. The van der Waals surface area contributed by atoms with E-state index in [0.717, 1.165) is 11.3 Å². The van der Waals surface area contributed by atoms with Gasteiger partial charge in [-0.3, -0.25) is 4.79 Å². The molecule has 0 radical (unpaired) electrons. The number of benzene rings is 2. The summed E-state index contributed by atoms with van der Waals surface area (Å²) in [6.07, 6.45) is 0. The Morgan fingerprint density at radius 1 is 1.13 bits per heavy atom. The molecule has 0 spiro atoms. The summed E-state index contributed by atoms with van der Waals surface area (Å²) in [5.41, 5.74) is 2.02. The summed E-state index contributed by atoms with van der Waals surface area (Å²) >= 11 is 1.38. The fraction of sp³-hybridized carbons (Fsp3) is 0.364.